The molecule has 1 saturated heterocycles. The number of carbonyl (C=O) groups is 2. The van der Waals surface area contributed by atoms with Gasteiger partial charge in [0.05, 0.1) is 0 Å². The normalized spacial score (nSPS) is 14.6. The number of hydrogen-bond acceptors (Lipinski definition) is 3. The highest BCUT2D eigenvalue weighted by Gasteiger charge is 2.22. The van der Waals surface area contributed by atoms with Gasteiger partial charge >= 0.3 is 0 Å². The summed E-state index contributed by atoms with van der Waals surface area (Å²) < 4.78 is 0. The molecule has 1 aromatic carbocycles. The minimum Gasteiger partial charge on any atom is -0.352 e. The molecule has 0 unspecified atom stereocenters. The van der Waals surface area contributed by atoms with E-state index in [1.807, 2.05) is 56.9 Å². The first-order valence-electron chi connectivity index (χ1n) is 9.84. The lowest BCUT2D eigenvalue weighted by Gasteiger charge is -2.31. The largest absolute Gasteiger partial charge is 0.352 e. The Morgan fingerprint density at radius 2 is 1.88 bits per heavy atom. The average molecular weight is 362 g/mol. The molecule has 5 nitrogen and oxygen atoms in total. The summed E-state index contributed by atoms with van der Waals surface area (Å²) in [5.41, 5.74) is 7.35. The van der Waals surface area contributed by atoms with Crippen LogP contribution >= 0.6 is 0 Å². The Labute approximate surface area is 158 Å². The molecular formula is C21H35N3O2. The molecule has 0 saturated carbocycles. The van der Waals surface area contributed by atoms with E-state index in [4.69, 9.17) is 5.73 Å². The number of nitrogens with zero attached hydrogens (tertiary/aromatic N) is 1. The molecule has 0 bridgehead atoms. The van der Waals surface area contributed by atoms with Crippen LogP contribution in [0.3, 0.4) is 0 Å². The fraction of sp³-hybridized carbons (Fsp3) is 0.619. The zero-order valence-corrected chi connectivity index (χ0v) is 16.8. The molecule has 2 amide bonds. The number of hydrogen-bond donors (Lipinski definition) is 2. The molecule has 1 aromatic rings. The molecule has 146 valence electrons. The van der Waals surface area contributed by atoms with Crippen molar-refractivity contribution in [3.8, 4) is 0 Å². The molecule has 3 N–H and O–H groups in total. The first-order valence-corrected chi connectivity index (χ1v) is 9.84. The highest BCUT2D eigenvalue weighted by Crippen LogP contribution is 2.18. The molecule has 1 aliphatic rings. The van der Waals surface area contributed by atoms with Gasteiger partial charge in [-0.25, -0.2) is 0 Å². The molecule has 5 heteroatoms. The van der Waals surface area contributed by atoms with Gasteiger partial charge in [0.2, 0.25) is 5.91 Å². The lowest BCUT2D eigenvalue weighted by Crippen LogP contribution is -2.40. The van der Waals surface area contributed by atoms with Gasteiger partial charge < -0.3 is 16.0 Å². The van der Waals surface area contributed by atoms with Crippen LogP contribution in [0.4, 0.5) is 0 Å². The van der Waals surface area contributed by atoms with Crippen molar-refractivity contribution in [1.29, 1.82) is 0 Å². The number of likely N-dealkylation sites (tertiary alicyclic amines) is 1. The van der Waals surface area contributed by atoms with Gasteiger partial charge in [0.1, 0.15) is 0 Å². The number of nitrogens with two attached hydrogens (primary N) is 1. The molecule has 0 aromatic heterocycles. The van der Waals surface area contributed by atoms with Crippen molar-refractivity contribution in [3.63, 3.8) is 0 Å². The van der Waals surface area contributed by atoms with E-state index in [9.17, 15) is 9.59 Å². The van der Waals surface area contributed by atoms with Crippen LogP contribution < -0.4 is 11.1 Å². The van der Waals surface area contributed by atoms with Gasteiger partial charge in [-0.2, -0.15) is 0 Å². The number of carbonyl (C=O) groups excluding carboxylic acids is 2. The summed E-state index contributed by atoms with van der Waals surface area (Å²) in [5, 5.41) is 2.91. The van der Waals surface area contributed by atoms with Crippen LogP contribution in [0.25, 0.3) is 0 Å². The van der Waals surface area contributed by atoms with Crippen molar-refractivity contribution in [1.82, 2.24) is 10.2 Å². The van der Waals surface area contributed by atoms with Gasteiger partial charge in [-0.05, 0) is 48.9 Å². The summed E-state index contributed by atoms with van der Waals surface area (Å²) in [6, 6.07) is 7.54. The number of rotatable bonds is 6. The zero-order chi connectivity index (χ0) is 19.5. The van der Waals surface area contributed by atoms with Crippen molar-refractivity contribution in [3.05, 3.63) is 35.4 Å². The summed E-state index contributed by atoms with van der Waals surface area (Å²) in [4.78, 5) is 26.3. The van der Waals surface area contributed by atoms with E-state index >= 15 is 0 Å². The van der Waals surface area contributed by atoms with Gasteiger partial charge in [0.25, 0.3) is 5.91 Å². The Bertz CT molecular complexity index is 564. The number of nitrogens with one attached hydrogen (secondary N) is 1. The quantitative estimate of drug-likeness (QED) is 0.817. The van der Waals surface area contributed by atoms with E-state index < -0.39 is 0 Å². The van der Waals surface area contributed by atoms with E-state index in [0.29, 0.717) is 36.9 Å². The fourth-order valence-corrected chi connectivity index (χ4v) is 3.01. The van der Waals surface area contributed by atoms with Crippen molar-refractivity contribution in [2.75, 3.05) is 19.6 Å². The van der Waals surface area contributed by atoms with Crippen molar-refractivity contribution >= 4 is 11.8 Å². The van der Waals surface area contributed by atoms with E-state index in [2.05, 4.69) is 5.32 Å². The minimum atomic E-state index is 0.0468. The molecule has 1 heterocycles. The Morgan fingerprint density at radius 3 is 2.46 bits per heavy atom. The highest BCUT2D eigenvalue weighted by molar-refractivity contribution is 5.94. The van der Waals surface area contributed by atoms with Crippen molar-refractivity contribution in [2.24, 2.45) is 17.6 Å². The summed E-state index contributed by atoms with van der Waals surface area (Å²) in [5.74, 6) is 0.998. The monoisotopic (exact) mass is 361 g/mol. The molecule has 0 atom stereocenters. The number of benzene rings is 1. The topological polar surface area (TPSA) is 75.4 Å². The van der Waals surface area contributed by atoms with E-state index in [0.717, 1.165) is 31.5 Å². The van der Waals surface area contributed by atoms with Gasteiger partial charge in [-0.15, -0.1) is 0 Å². The second kappa shape index (κ2) is 11.7. The summed E-state index contributed by atoms with van der Waals surface area (Å²) in [7, 11) is 0. The minimum absolute atomic E-state index is 0.0468. The van der Waals surface area contributed by atoms with Crippen molar-refractivity contribution < 1.29 is 9.59 Å². The first-order chi connectivity index (χ1) is 12.5. The van der Waals surface area contributed by atoms with E-state index in [1.165, 1.54) is 0 Å². The van der Waals surface area contributed by atoms with Gasteiger partial charge in [0, 0.05) is 31.6 Å². The van der Waals surface area contributed by atoms with Gasteiger partial charge in [-0.3, -0.25) is 9.59 Å². The second-order valence-corrected chi connectivity index (χ2v) is 7.05. The molecule has 2 rings (SSSR count). The van der Waals surface area contributed by atoms with Crippen LogP contribution in [-0.2, 0) is 11.3 Å². The van der Waals surface area contributed by atoms with Crippen LogP contribution in [0, 0.1) is 11.8 Å². The smallest absolute Gasteiger partial charge is 0.253 e. The molecule has 0 aliphatic carbocycles. The fourth-order valence-electron chi connectivity index (χ4n) is 3.01. The van der Waals surface area contributed by atoms with Crippen LogP contribution in [0.1, 0.15) is 62.9 Å². The summed E-state index contributed by atoms with van der Waals surface area (Å²) >= 11 is 0. The van der Waals surface area contributed by atoms with Crippen LogP contribution in [0.15, 0.2) is 24.3 Å². The maximum Gasteiger partial charge on any atom is 0.253 e. The average Bonchev–Trinajstić information content (AvgIpc) is 2.67. The van der Waals surface area contributed by atoms with Gasteiger partial charge in [0.15, 0.2) is 0 Å². The van der Waals surface area contributed by atoms with Crippen LogP contribution in [0.5, 0.6) is 0 Å². The Kier molecular flexibility index (Phi) is 9.96. The summed E-state index contributed by atoms with van der Waals surface area (Å²) in [6.45, 7) is 10.8. The standard InChI is InChI=1S/C19H29N3O2.C2H6/c1-14(2)10-18(23)21-13-16-4-3-5-17(11-16)19(24)22-8-6-15(12-20)7-9-22;1-2/h3-5,11,14-15H,6-10,12-13,20H2,1-2H3,(H,21,23);1-2H3. The molecule has 1 aliphatic heterocycles. The van der Waals surface area contributed by atoms with E-state index in [-0.39, 0.29) is 11.8 Å². The van der Waals surface area contributed by atoms with Crippen LogP contribution in [0.2, 0.25) is 0 Å². The summed E-state index contributed by atoms with van der Waals surface area (Å²) in [6.07, 6.45) is 2.48. The van der Waals surface area contributed by atoms with Crippen LogP contribution in [-0.4, -0.2) is 36.3 Å². The lowest BCUT2D eigenvalue weighted by atomic mass is 9.96. The first kappa shape index (κ1) is 22.2. The zero-order valence-electron chi connectivity index (χ0n) is 16.8. The predicted molar refractivity (Wildman–Crippen MR) is 107 cm³/mol. The van der Waals surface area contributed by atoms with E-state index in [1.54, 1.807) is 0 Å². The number of amides is 2. The number of piperidine rings is 1. The SMILES string of the molecule is CC.CC(C)CC(=O)NCc1cccc(C(=O)N2CCC(CN)CC2)c1. The molecule has 1 fully saturated rings. The van der Waals surface area contributed by atoms with Gasteiger partial charge in [-0.1, -0.05) is 39.8 Å². The third kappa shape index (κ3) is 7.16. The Morgan fingerprint density at radius 1 is 1.23 bits per heavy atom. The Hall–Kier alpha value is -1.88. The maximum absolute atomic E-state index is 12.6. The third-order valence-electron chi connectivity index (χ3n) is 4.49. The third-order valence-corrected chi connectivity index (χ3v) is 4.49. The second-order valence-electron chi connectivity index (χ2n) is 7.05. The molecular weight excluding hydrogens is 326 g/mol. The maximum atomic E-state index is 12.6. The van der Waals surface area contributed by atoms with Crippen molar-refractivity contribution in [2.45, 2.75) is 53.5 Å². The molecule has 0 radical (unpaired) electrons. The Balaban J connectivity index is 0.00000163. The molecule has 0 spiro atoms. The predicted octanol–water partition coefficient (Wildman–Crippen LogP) is 3.19. The molecule has 26 heavy (non-hydrogen) atoms. The lowest BCUT2D eigenvalue weighted by molar-refractivity contribution is -0.121. The highest BCUT2D eigenvalue weighted by atomic mass is 16.2.